The van der Waals surface area contributed by atoms with Crippen LogP contribution >= 0.6 is 0 Å². The molecule has 0 radical (unpaired) electrons. The number of anilines is 1. The lowest BCUT2D eigenvalue weighted by molar-refractivity contribution is 0.0730. The zero-order chi connectivity index (χ0) is 20.1. The zero-order valence-electron chi connectivity index (χ0n) is 15.4. The van der Waals surface area contributed by atoms with E-state index in [9.17, 15) is 18.3 Å². The van der Waals surface area contributed by atoms with E-state index < -0.39 is 15.9 Å². The van der Waals surface area contributed by atoms with E-state index in [-0.39, 0.29) is 29.3 Å². The monoisotopic (exact) mass is 406 g/mol. The highest BCUT2D eigenvalue weighted by Crippen LogP contribution is 2.25. The van der Waals surface area contributed by atoms with Crippen LogP contribution in [0.15, 0.2) is 47.4 Å². The number of benzene rings is 2. The van der Waals surface area contributed by atoms with Crippen LogP contribution in [0, 0.1) is 0 Å². The van der Waals surface area contributed by atoms with Gasteiger partial charge < -0.3 is 19.9 Å². The van der Waals surface area contributed by atoms with E-state index in [0.29, 0.717) is 31.3 Å². The van der Waals surface area contributed by atoms with Crippen molar-refractivity contribution in [2.75, 3.05) is 38.2 Å². The van der Waals surface area contributed by atoms with Crippen molar-refractivity contribution in [3.05, 3.63) is 48.0 Å². The maximum atomic E-state index is 12.8. The van der Waals surface area contributed by atoms with Crippen molar-refractivity contribution in [1.29, 1.82) is 0 Å². The van der Waals surface area contributed by atoms with Crippen LogP contribution < -0.4 is 10.1 Å². The second-order valence-corrected chi connectivity index (χ2v) is 8.04. The first-order chi connectivity index (χ1) is 13.4. The Bertz CT molecular complexity index is 937. The lowest BCUT2D eigenvalue weighted by Crippen LogP contribution is -2.40. The summed E-state index contributed by atoms with van der Waals surface area (Å²) in [4.78, 5) is 12.5. The highest BCUT2D eigenvalue weighted by Gasteiger charge is 2.27. The van der Waals surface area contributed by atoms with Gasteiger partial charge in [0, 0.05) is 18.8 Å². The summed E-state index contributed by atoms with van der Waals surface area (Å²) in [6.45, 7) is 3.54. The average Bonchev–Trinajstić information content (AvgIpc) is 2.70. The summed E-state index contributed by atoms with van der Waals surface area (Å²) in [5, 5.41) is 12.7. The minimum atomic E-state index is -3.77. The summed E-state index contributed by atoms with van der Waals surface area (Å²) in [5.41, 5.74) is 0.373. The first-order valence-electron chi connectivity index (χ1n) is 8.87. The first-order valence-corrected chi connectivity index (χ1v) is 10.3. The predicted molar refractivity (Wildman–Crippen MR) is 103 cm³/mol. The van der Waals surface area contributed by atoms with E-state index in [4.69, 9.17) is 9.47 Å². The van der Waals surface area contributed by atoms with Crippen LogP contribution in [0.25, 0.3) is 0 Å². The van der Waals surface area contributed by atoms with Gasteiger partial charge in [-0.2, -0.15) is 4.31 Å². The van der Waals surface area contributed by atoms with Crippen molar-refractivity contribution in [1.82, 2.24) is 4.31 Å². The van der Waals surface area contributed by atoms with E-state index in [1.165, 1.54) is 22.5 Å². The molecule has 8 nitrogen and oxygen atoms in total. The SMILES string of the molecule is CCOc1ccc(NC(=O)c2cc(S(=O)(=O)N3CCOCC3)ccc2O)cc1. The van der Waals surface area contributed by atoms with Crippen LogP contribution in [0.3, 0.4) is 0 Å². The molecule has 0 aromatic heterocycles. The third-order valence-corrected chi connectivity index (χ3v) is 6.14. The molecule has 0 saturated carbocycles. The van der Waals surface area contributed by atoms with E-state index in [0.717, 1.165) is 0 Å². The van der Waals surface area contributed by atoms with Gasteiger partial charge >= 0.3 is 0 Å². The molecule has 1 heterocycles. The Balaban J connectivity index is 1.81. The number of amides is 1. The number of hydrogen-bond acceptors (Lipinski definition) is 6. The number of hydrogen-bond donors (Lipinski definition) is 2. The Morgan fingerprint density at radius 2 is 1.86 bits per heavy atom. The van der Waals surface area contributed by atoms with Crippen LogP contribution in [-0.2, 0) is 14.8 Å². The third kappa shape index (κ3) is 4.44. The molecule has 1 saturated heterocycles. The number of nitrogens with one attached hydrogen (secondary N) is 1. The molecule has 1 amide bonds. The Hall–Kier alpha value is -2.62. The number of phenols is 1. The molecule has 0 aliphatic carbocycles. The number of phenolic OH excluding ortho intramolecular Hbond substituents is 1. The molecule has 0 unspecified atom stereocenters. The summed E-state index contributed by atoms with van der Waals surface area (Å²) in [5.74, 6) is -0.244. The van der Waals surface area contributed by atoms with Crippen LogP contribution in [0.4, 0.5) is 5.69 Å². The number of carbonyl (C=O) groups is 1. The van der Waals surface area contributed by atoms with Gasteiger partial charge in [0.25, 0.3) is 5.91 Å². The lowest BCUT2D eigenvalue weighted by Gasteiger charge is -2.26. The van der Waals surface area contributed by atoms with Crippen molar-refractivity contribution in [2.24, 2.45) is 0 Å². The predicted octanol–water partition coefficient (Wildman–Crippen LogP) is 2.06. The molecule has 3 rings (SSSR count). The molecule has 9 heteroatoms. The summed E-state index contributed by atoms with van der Waals surface area (Å²) < 4.78 is 37.4. The fourth-order valence-electron chi connectivity index (χ4n) is 2.79. The summed E-state index contributed by atoms with van der Waals surface area (Å²) in [6, 6.07) is 10.4. The fraction of sp³-hybridized carbons (Fsp3) is 0.316. The van der Waals surface area contributed by atoms with Gasteiger partial charge in [-0.3, -0.25) is 4.79 Å². The quantitative estimate of drug-likeness (QED) is 0.761. The molecular formula is C19H22N2O6S. The molecule has 0 spiro atoms. The zero-order valence-corrected chi connectivity index (χ0v) is 16.2. The molecule has 0 atom stereocenters. The van der Waals surface area contributed by atoms with Gasteiger partial charge in [0.1, 0.15) is 11.5 Å². The number of morpholine rings is 1. The summed E-state index contributed by atoms with van der Waals surface area (Å²) in [6.07, 6.45) is 0. The maximum Gasteiger partial charge on any atom is 0.259 e. The van der Waals surface area contributed by atoms with Gasteiger partial charge in [0.05, 0.1) is 30.3 Å². The highest BCUT2D eigenvalue weighted by molar-refractivity contribution is 7.89. The average molecular weight is 406 g/mol. The van der Waals surface area contributed by atoms with Crippen molar-refractivity contribution >= 4 is 21.6 Å². The molecule has 150 valence electrons. The maximum absolute atomic E-state index is 12.8. The smallest absolute Gasteiger partial charge is 0.259 e. The molecule has 2 aromatic carbocycles. The second-order valence-electron chi connectivity index (χ2n) is 6.11. The molecule has 1 aliphatic rings. The molecule has 0 bridgehead atoms. The van der Waals surface area contributed by atoms with Crippen LogP contribution in [0.5, 0.6) is 11.5 Å². The Kier molecular flexibility index (Phi) is 6.18. The molecule has 1 aliphatic heterocycles. The normalized spacial score (nSPS) is 15.2. The second kappa shape index (κ2) is 8.59. The van der Waals surface area contributed by atoms with Gasteiger partial charge in [-0.05, 0) is 49.4 Å². The number of ether oxygens (including phenoxy) is 2. The Morgan fingerprint density at radius 1 is 1.18 bits per heavy atom. The van der Waals surface area contributed by atoms with E-state index >= 15 is 0 Å². The van der Waals surface area contributed by atoms with E-state index in [2.05, 4.69) is 5.32 Å². The van der Waals surface area contributed by atoms with Crippen molar-refractivity contribution in [3.8, 4) is 11.5 Å². The van der Waals surface area contributed by atoms with Crippen LogP contribution in [-0.4, -0.2) is 56.6 Å². The van der Waals surface area contributed by atoms with Gasteiger partial charge in [0.2, 0.25) is 10.0 Å². The molecular weight excluding hydrogens is 384 g/mol. The molecule has 2 aromatic rings. The molecule has 2 N–H and O–H groups in total. The van der Waals surface area contributed by atoms with Crippen LogP contribution in [0.2, 0.25) is 0 Å². The number of aromatic hydroxyl groups is 1. The number of rotatable bonds is 6. The van der Waals surface area contributed by atoms with Crippen molar-refractivity contribution in [3.63, 3.8) is 0 Å². The molecule has 28 heavy (non-hydrogen) atoms. The fourth-order valence-corrected chi connectivity index (χ4v) is 4.23. The van der Waals surface area contributed by atoms with Gasteiger partial charge in [-0.1, -0.05) is 0 Å². The number of carbonyl (C=O) groups excluding carboxylic acids is 1. The van der Waals surface area contributed by atoms with E-state index in [1.807, 2.05) is 6.92 Å². The highest BCUT2D eigenvalue weighted by atomic mass is 32.2. The van der Waals surface area contributed by atoms with Crippen molar-refractivity contribution < 1.29 is 27.8 Å². The van der Waals surface area contributed by atoms with Crippen molar-refractivity contribution in [2.45, 2.75) is 11.8 Å². The van der Waals surface area contributed by atoms with Gasteiger partial charge in [0.15, 0.2) is 0 Å². The topological polar surface area (TPSA) is 105 Å². The first kappa shape index (κ1) is 20.1. The summed E-state index contributed by atoms with van der Waals surface area (Å²) >= 11 is 0. The van der Waals surface area contributed by atoms with Gasteiger partial charge in [-0.15, -0.1) is 0 Å². The van der Waals surface area contributed by atoms with E-state index in [1.54, 1.807) is 24.3 Å². The third-order valence-electron chi connectivity index (χ3n) is 4.24. The Labute approximate surface area is 163 Å². The standard InChI is InChI=1S/C19H22N2O6S/c1-2-27-15-5-3-14(4-6-15)20-19(23)17-13-16(7-8-18(17)22)28(24,25)21-9-11-26-12-10-21/h3-8,13,22H,2,9-12H2,1H3,(H,20,23). The largest absolute Gasteiger partial charge is 0.507 e. The number of sulfonamides is 1. The number of nitrogens with zero attached hydrogens (tertiary/aromatic N) is 1. The molecule has 1 fully saturated rings. The minimum Gasteiger partial charge on any atom is -0.507 e. The Morgan fingerprint density at radius 3 is 2.50 bits per heavy atom. The minimum absolute atomic E-state index is 0.0518. The van der Waals surface area contributed by atoms with Gasteiger partial charge in [-0.25, -0.2) is 8.42 Å². The van der Waals surface area contributed by atoms with Crippen LogP contribution in [0.1, 0.15) is 17.3 Å². The lowest BCUT2D eigenvalue weighted by atomic mass is 10.2. The summed E-state index contributed by atoms with van der Waals surface area (Å²) in [7, 11) is -3.77.